The monoisotopic (exact) mass is 368 g/mol. The highest BCUT2D eigenvalue weighted by Crippen LogP contribution is 2.31. The van der Waals surface area contributed by atoms with Gasteiger partial charge in [-0.3, -0.25) is 4.79 Å². The first-order chi connectivity index (χ1) is 12.5. The number of halogens is 1. The highest BCUT2D eigenvalue weighted by Gasteiger charge is 2.31. The number of aromatic nitrogens is 4. The van der Waals surface area contributed by atoms with Crippen molar-refractivity contribution < 1.29 is 9.21 Å². The van der Waals surface area contributed by atoms with Gasteiger partial charge in [0.2, 0.25) is 0 Å². The van der Waals surface area contributed by atoms with Crippen molar-refractivity contribution in [2.45, 2.75) is 13.8 Å². The van der Waals surface area contributed by atoms with Gasteiger partial charge in [-0.25, -0.2) is 0 Å². The number of nitrogens with one attached hydrogen (secondary N) is 1. The lowest BCUT2D eigenvalue weighted by atomic mass is 10.1. The quantitative estimate of drug-likeness (QED) is 0.715. The summed E-state index contributed by atoms with van der Waals surface area (Å²) in [4.78, 5) is 12.6. The number of benzene rings is 1. The van der Waals surface area contributed by atoms with Crippen LogP contribution in [0, 0.1) is 6.92 Å². The average molecular weight is 369 g/mol. The van der Waals surface area contributed by atoms with Crippen molar-refractivity contribution in [1.82, 2.24) is 20.6 Å². The van der Waals surface area contributed by atoms with E-state index in [0.29, 0.717) is 27.8 Å². The molecule has 0 aliphatic carbocycles. The molecule has 3 aromatic rings. The van der Waals surface area contributed by atoms with Crippen molar-refractivity contribution in [3.8, 4) is 11.3 Å². The Kier molecular flexibility index (Phi) is 3.89. The van der Waals surface area contributed by atoms with E-state index in [9.17, 15) is 4.79 Å². The molecule has 26 heavy (non-hydrogen) atoms. The number of furan rings is 1. The zero-order chi connectivity index (χ0) is 18.3. The Morgan fingerprint density at radius 3 is 2.85 bits per heavy atom. The molecule has 0 fully saturated rings. The minimum absolute atomic E-state index is 0.0902. The van der Waals surface area contributed by atoms with Crippen molar-refractivity contribution in [1.29, 1.82) is 0 Å². The highest BCUT2D eigenvalue weighted by molar-refractivity contribution is 6.32. The van der Waals surface area contributed by atoms with Gasteiger partial charge in [-0.2, -0.15) is 15.3 Å². The van der Waals surface area contributed by atoms with Gasteiger partial charge in [-0.15, -0.1) is 5.10 Å². The average Bonchev–Trinajstić information content (AvgIpc) is 3.35. The summed E-state index contributed by atoms with van der Waals surface area (Å²) < 4.78 is 5.88. The number of hydrogen-bond donors (Lipinski definition) is 1. The number of carbonyl (C=O) groups excluding carboxylic acids is 1. The van der Waals surface area contributed by atoms with Crippen LogP contribution in [0.25, 0.3) is 17.4 Å². The largest absolute Gasteiger partial charge is 0.457 e. The maximum absolute atomic E-state index is 12.6. The van der Waals surface area contributed by atoms with E-state index in [1.54, 1.807) is 19.1 Å². The Bertz CT molecular complexity index is 1050. The molecule has 0 atom stereocenters. The van der Waals surface area contributed by atoms with Crippen LogP contribution in [0.4, 0.5) is 5.95 Å². The molecule has 130 valence electrons. The van der Waals surface area contributed by atoms with Crippen LogP contribution in [0.2, 0.25) is 5.02 Å². The molecule has 0 saturated heterocycles. The van der Waals surface area contributed by atoms with Gasteiger partial charge < -0.3 is 4.42 Å². The van der Waals surface area contributed by atoms with Gasteiger partial charge in [0.15, 0.2) is 0 Å². The molecule has 0 radical (unpaired) electrons. The van der Waals surface area contributed by atoms with Crippen LogP contribution in [-0.2, 0) is 4.79 Å². The number of hydrogen-bond acceptors (Lipinski definition) is 6. The van der Waals surface area contributed by atoms with Gasteiger partial charge in [0, 0.05) is 10.6 Å². The molecule has 0 bridgehead atoms. The van der Waals surface area contributed by atoms with Crippen molar-refractivity contribution in [3.05, 3.63) is 52.3 Å². The second-order valence-electron chi connectivity index (χ2n) is 5.69. The first kappa shape index (κ1) is 16.2. The molecule has 0 unspecified atom stereocenters. The summed E-state index contributed by atoms with van der Waals surface area (Å²) in [6.45, 7) is 3.66. The van der Waals surface area contributed by atoms with Gasteiger partial charge in [0.25, 0.3) is 11.9 Å². The summed E-state index contributed by atoms with van der Waals surface area (Å²) in [5, 5.41) is 19.2. The number of H-pyrrole nitrogens is 1. The maximum Gasteiger partial charge on any atom is 0.293 e. The van der Waals surface area contributed by atoms with Crippen LogP contribution in [0.1, 0.15) is 18.2 Å². The van der Waals surface area contributed by atoms with Gasteiger partial charge in [0.1, 0.15) is 11.5 Å². The Hall–Kier alpha value is -3.26. The zero-order valence-electron chi connectivity index (χ0n) is 13.9. The molecule has 8 nitrogen and oxygen atoms in total. The van der Waals surface area contributed by atoms with Crippen molar-refractivity contribution >= 4 is 35.2 Å². The number of anilines is 1. The Labute approximate surface area is 153 Å². The number of tetrazole rings is 1. The molecule has 2 aromatic heterocycles. The lowest BCUT2D eigenvalue weighted by Gasteiger charge is -2.04. The number of rotatable bonds is 3. The Morgan fingerprint density at radius 2 is 2.08 bits per heavy atom. The third kappa shape index (κ3) is 2.70. The van der Waals surface area contributed by atoms with Crippen LogP contribution in [0.3, 0.4) is 0 Å². The van der Waals surface area contributed by atoms with E-state index >= 15 is 0 Å². The van der Waals surface area contributed by atoms with Crippen LogP contribution in [-0.4, -0.2) is 32.2 Å². The van der Waals surface area contributed by atoms with E-state index in [1.165, 1.54) is 0 Å². The number of aromatic amines is 1. The maximum atomic E-state index is 12.6. The van der Waals surface area contributed by atoms with Crippen molar-refractivity contribution in [2.75, 3.05) is 5.01 Å². The number of carbonyl (C=O) groups is 1. The molecule has 1 amide bonds. The lowest BCUT2D eigenvalue weighted by molar-refractivity contribution is -0.114. The molecule has 1 aromatic carbocycles. The summed E-state index contributed by atoms with van der Waals surface area (Å²) in [7, 11) is 0. The normalized spacial score (nSPS) is 15.8. The SMILES string of the molecule is CC1=NN(c2nn[nH]n2)C(=O)C1=Cc1ccc(-c2cccc(Cl)c2C)o1. The molecule has 1 N–H and O–H groups in total. The molecule has 0 spiro atoms. The smallest absolute Gasteiger partial charge is 0.293 e. The molecule has 1 aliphatic rings. The first-order valence-electron chi connectivity index (χ1n) is 7.75. The minimum Gasteiger partial charge on any atom is -0.457 e. The first-order valence-corrected chi connectivity index (χ1v) is 8.13. The second-order valence-corrected chi connectivity index (χ2v) is 6.09. The minimum atomic E-state index is -0.346. The van der Waals surface area contributed by atoms with Gasteiger partial charge in [-0.05, 0) is 48.9 Å². The standard InChI is InChI=1S/C17H13ClN6O2/c1-9-12(4-3-5-14(9)18)15-7-6-11(26-15)8-13-10(2)21-24(16(13)25)17-19-22-23-20-17/h3-8H,1-2H3,(H,19,20,22,23). The number of hydrazone groups is 1. The van der Waals surface area contributed by atoms with Crippen LogP contribution >= 0.6 is 11.6 Å². The fourth-order valence-corrected chi connectivity index (χ4v) is 2.83. The third-order valence-corrected chi connectivity index (χ3v) is 4.44. The molecular weight excluding hydrogens is 356 g/mol. The zero-order valence-corrected chi connectivity index (χ0v) is 14.7. The van der Waals surface area contributed by atoms with Crippen LogP contribution in [0.15, 0.2) is 45.4 Å². The van der Waals surface area contributed by atoms with E-state index in [0.717, 1.165) is 16.1 Å². The predicted octanol–water partition coefficient (Wildman–Crippen LogP) is 3.23. The van der Waals surface area contributed by atoms with Crippen molar-refractivity contribution in [3.63, 3.8) is 0 Å². The summed E-state index contributed by atoms with van der Waals surface area (Å²) in [5.74, 6) is 0.951. The van der Waals surface area contributed by atoms with E-state index in [-0.39, 0.29) is 11.9 Å². The van der Waals surface area contributed by atoms with E-state index in [4.69, 9.17) is 16.0 Å². The predicted molar refractivity (Wildman–Crippen MR) is 96.6 cm³/mol. The molecule has 1 aliphatic heterocycles. The Balaban J connectivity index is 1.66. The van der Waals surface area contributed by atoms with Crippen molar-refractivity contribution in [2.24, 2.45) is 5.10 Å². The van der Waals surface area contributed by atoms with Crippen LogP contribution < -0.4 is 5.01 Å². The molecule has 4 rings (SSSR count). The summed E-state index contributed by atoms with van der Waals surface area (Å²) >= 11 is 6.17. The Morgan fingerprint density at radius 1 is 1.23 bits per heavy atom. The number of amides is 1. The molecule has 0 saturated carbocycles. The second kappa shape index (κ2) is 6.23. The summed E-state index contributed by atoms with van der Waals surface area (Å²) in [6, 6.07) is 9.26. The van der Waals surface area contributed by atoms with E-state index < -0.39 is 0 Å². The lowest BCUT2D eigenvalue weighted by Crippen LogP contribution is -2.22. The highest BCUT2D eigenvalue weighted by atomic mass is 35.5. The molecular formula is C17H13ClN6O2. The van der Waals surface area contributed by atoms with E-state index in [1.807, 2.05) is 31.2 Å². The van der Waals surface area contributed by atoms with Gasteiger partial charge >= 0.3 is 0 Å². The van der Waals surface area contributed by atoms with Crippen LogP contribution in [0.5, 0.6) is 0 Å². The fraction of sp³-hybridized carbons (Fsp3) is 0.118. The number of nitrogens with zero attached hydrogens (tertiary/aromatic N) is 5. The molecule has 9 heteroatoms. The summed E-state index contributed by atoms with van der Waals surface area (Å²) in [5.41, 5.74) is 2.77. The van der Waals surface area contributed by atoms with E-state index in [2.05, 4.69) is 25.7 Å². The molecule has 3 heterocycles. The third-order valence-electron chi connectivity index (χ3n) is 4.03. The van der Waals surface area contributed by atoms with Gasteiger partial charge in [-0.1, -0.05) is 28.8 Å². The topological polar surface area (TPSA) is 100 Å². The fourth-order valence-electron chi connectivity index (χ4n) is 2.66. The summed E-state index contributed by atoms with van der Waals surface area (Å²) in [6.07, 6.45) is 1.64. The van der Waals surface area contributed by atoms with Gasteiger partial charge in [0.05, 0.1) is 11.3 Å².